The molecule has 11 atom stereocenters. The largest absolute Gasteiger partial charge is 0.390 e. The van der Waals surface area contributed by atoms with Crippen LogP contribution >= 0.6 is 0 Å². The first kappa shape index (κ1) is 19.6. The third kappa shape index (κ3) is 3.13. The highest BCUT2D eigenvalue weighted by Crippen LogP contribution is 2.48. The van der Waals surface area contributed by atoms with Crippen molar-refractivity contribution in [3.63, 3.8) is 0 Å². The summed E-state index contributed by atoms with van der Waals surface area (Å²) >= 11 is 0. The van der Waals surface area contributed by atoms with E-state index in [-0.39, 0.29) is 24.2 Å². The van der Waals surface area contributed by atoms with E-state index in [1.54, 1.807) is 7.11 Å². The molecule has 0 aromatic heterocycles. The average Bonchev–Trinajstić information content (AvgIpc) is 3.24. The van der Waals surface area contributed by atoms with E-state index in [1.165, 1.54) is 19.3 Å². The average molecular weight is 398 g/mol. The Hall–Kier alpha value is -0.320. The summed E-state index contributed by atoms with van der Waals surface area (Å²) in [6.07, 6.45) is 2.59. The van der Waals surface area contributed by atoms with Gasteiger partial charge in [0.1, 0.15) is 30.8 Å². The standard InChI is InChI=1S/C20H35N3O5/c1-27-19-13-6-7-23(18(13)21-9-22-19)20-16(26)15(25)17(28-20)14(24)12-5-3-10-2-4-11(10)8-12/h10-22,24-26H,2-9H2,1H3/t10?,11?,12?,13?,14-,15+,16-,17-,18?,19?,20-/m1/s1. The molecule has 0 bridgehead atoms. The van der Waals surface area contributed by atoms with Crippen molar-refractivity contribution in [1.82, 2.24) is 15.5 Å². The van der Waals surface area contributed by atoms with Gasteiger partial charge in [-0.25, -0.2) is 0 Å². The zero-order chi connectivity index (χ0) is 19.4. The van der Waals surface area contributed by atoms with Crippen molar-refractivity contribution in [2.75, 3.05) is 20.3 Å². The Balaban J connectivity index is 1.26. The minimum atomic E-state index is -1.06. The van der Waals surface area contributed by atoms with Crippen LogP contribution in [0.1, 0.15) is 38.5 Å². The van der Waals surface area contributed by atoms with E-state index in [2.05, 4.69) is 15.5 Å². The third-order valence-electron chi connectivity index (χ3n) is 8.25. The Kier molecular flexibility index (Phi) is 5.43. The Bertz CT molecular complexity index is 568. The van der Waals surface area contributed by atoms with Crippen LogP contribution in [-0.2, 0) is 9.47 Å². The Morgan fingerprint density at radius 3 is 2.54 bits per heavy atom. The molecule has 8 heteroatoms. The number of nitrogens with zero attached hydrogens (tertiary/aromatic N) is 1. The molecule has 160 valence electrons. The number of nitrogens with one attached hydrogen (secondary N) is 2. The highest BCUT2D eigenvalue weighted by atomic mass is 16.6. The molecule has 3 heterocycles. The van der Waals surface area contributed by atoms with E-state index in [0.717, 1.165) is 37.6 Å². The van der Waals surface area contributed by atoms with Gasteiger partial charge >= 0.3 is 0 Å². The number of ether oxygens (including phenoxy) is 2. The number of fused-ring (bicyclic) bond motifs is 2. The van der Waals surface area contributed by atoms with Gasteiger partial charge in [0.2, 0.25) is 0 Å². The fraction of sp³-hybridized carbons (Fsp3) is 1.00. The summed E-state index contributed by atoms with van der Waals surface area (Å²) in [4.78, 5) is 2.10. The van der Waals surface area contributed by atoms with Crippen LogP contribution in [-0.4, -0.2) is 83.6 Å². The van der Waals surface area contributed by atoms with Gasteiger partial charge in [-0.05, 0) is 56.3 Å². The first-order chi connectivity index (χ1) is 13.6. The molecule has 2 aliphatic carbocycles. The van der Waals surface area contributed by atoms with Crippen LogP contribution < -0.4 is 10.6 Å². The summed E-state index contributed by atoms with van der Waals surface area (Å²) in [7, 11) is 1.70. The Labute approximate surface area is 166 Å². The van der Waals surface area contributed by atoms with E-state index in [9.17, 15) is 15.3 Å². The highest BCUT2D eigenvalue weighted by molar-refractivity contribution is 5.02. The van der Waals surface area contributed by atoms with Crippen molar-refractivity contribution >= 4 is 0 Å². The maximum Gasteiger partial charge on any atom is 0.141 e. The molecular formula is C20H35N3O5. The molecule has 0 spiro atoms. The van der Waals surface area contributed by atoms with E-state index < -0.39 is 30.6 Å². The lowest BCUT2D eigenvalue weighted by Crippen LogP contribution is -2.62. The summed E-state index contributed by atoms with van der Waals surface area (Å²) in [5, 5.41) is 39.2. The topological polar surface area (TPSA) is 106 Å². The molecule has 5 rings (SSSR count). The van der Waals surface area contributed by atoms with Gasteiger partial charge in [-0.2, -0.15) is 0 Å². The molecule has 0 aromatic rings. The number of methoxy groups -OCH3 is 1. The van der Waals surface area contributed by atoms with Gasteiger partial charge in [0.25, 0.3) is 0 Å². The molecule has 0 radical (unpaired) electrons. The first-order valence-corrected chi connectivity index (χ1v) is 11.0. The molecule has 5 aliphatic rings. The molecule has 3 saturated heterocycles. The van der Waals surface area contributed by atoms with Gasteiger partial charge < -0.3 is 24.8 Å². The number of aliphatic hydroxyl groups is 3. The van der Waals surface area contributed by atoms with Crippen LogP contribution in [0.25, 0.3) is 0 Å². The number of aliphatic hydroxyl groups excluding tert-OH is 3. The molecule has 5 fully saturated rings. The summed E-state index contributed by atoms with van der Waals surface area (Å²) in [6.45, 7) is 1.38. The summed E-state index contributed by atoms with van der Waals surface area (Å²) < 4.78 is 11.7. The van der Waals surface area contributed by atoms with Crippen LogP contribution in [0.3, 0.4) is 0 Å². The summed E-state index contributed by atoms with van der Waals surface area (Å²) in [6, 6.07) is 0. The smallest absolute Gasteiger partial charge is 0.141 e. The third-order valence-corrected chi connectivity index (χ3v) is 8.25. The van der Waals surface area contributed by atoms with Crippen LogP contribution in [0.15, 0.2) is 0 Å². The molecule has 0 amide bonds. The van der Waals surface area contributed by atoms with Gasteiger partial charge in [0, 0.05) is 26.2 Å². The fourth-order valence-corrected chi connectivity index (χ4v) is 6.47. The first-order valence-electron chi connectivity index (χ1n) is 11.0. The van der Waals surface area contributed by atoms with Crippen molar-refractivity contribution in [2.24, 2.45) is 23.7 Å². The zero-order valence-corrected chi connectivity index (χ0v) is 16.6. The predicted octanol–water partition coefficient (Wildman–Crippen LogP) is -0.609. The van der Waals surface area contributed by atoms with Gasteiger partial charge in [0.05, 0.1) is 12.3 Å². The van der Waals surface area contributed by atoms with Crippen LogP contribution in [0.2, 0.25) is 0 Å². The SMILES string of the molecule is COC1NCNC2C1CCN2[C@@H]1O[C@H]([C@H](O)C2CCC3CCC3C2)[C@@H](O)[C@H]1O. The van der Waals surface area contributed by atoms with Gasteiger partial charge in [-0.1, -0.05) is 0 Å². The maximum absolute atomic E-state index is 11.0. The highest BCUT2D eigenvalue weighted by Gasteiger charge is 2.54. The van der Waals surface area contributed by atoms with Crippen molar-refractivity contribution < 1.29 is 24.8 Å². The second-order valence-electron chi connectivity index (χ2n) is 9.51. The van der Waals surface area contributed by atoms with E-state index >= 15 is 0 Å². The van der Waals surface area contributed by atoms with Crippen LogP contribution in [0, 0.1) is 23.7 Å². The maximum atomic E-state index is 11.0. The Morgan fingerprint density at radius 1 is 1.04 bits per heavy atom. The van der Waals surface area contributed by atoms with Gasteiger partial charge in [-0.15, -0.1) is 0 Å². The number of hydrogen-bond acceptors (Lipinski definition) is 8. The molecular weight excluding hydrogens is 362 g/mol. The van der Waals surface area contributed by atoms with E-state index in [1.807, 2.05) is 0 Å². The monoisotopic (exact) mass is 397 g/mol. The minimum Gasteiger partial charge on any atom is -0.390 e. The molecule has 5 N–H and O–H groups in total. The van der Waals surface area contributed by atoms with Gasteiger partial charge in [0.15, 0.2) is 0 Å². The van der Waals surface area contributed by atoms with Crippen molar-refractivity contribution in [2.45, 2.75) is 81.6 Å². The molecule has 3 aliphatic heterocycles. The van der Waals surface area contributed by atoms with Crippen molar-refractivity contribution in [3.05, 3.63) is 0 Å². The zero-order valence-electron chi connectivity index (χ0n) is 16.6. The van der Waals surface area contributed by atoms with Crippen LogP contribution in [0.5, 0.6) is 0 Å². The number of hydrogen-bond donors (Lipinski definition) is 5. The Morgan fingerprint density at radius 2 is 1.82 bits per heavy atom. The van der Waals surface area contributed by atoms with Crippen LogP contribution in [0.4, 0.5) is 0 Å². The summed E-state index contributed by atoms with van der Waals surface area (Å²) in [5.41, 5.74) is 0. The van der Waals surface area contributed by atoms with Gasteiger partial charge in [-0.3, -0.25) is 15.5 Å². The normalized spacial score (nSPS) is 52.7. The van der Waals surface area contributed by atoms with E-state index in [4.69, 9.17) is 9.47 Å². The lowest BCUT2D eigenvalue weighted by atomic mass is 9.61. The molecule has 8 nitrogen and oxygen atoms in total. The predicted molar refractivity (Wildman–Crippen MR) is 101 cm³/mol. The number of rotatable bonds is 4. The molecule has 6 unspecified atom stereocenters. The molecule has 28 heavy (non-hydrogen) atoms. The van der Waals surface area contributed by atoms with Crippen molar-refractivity contribution in [1.29, 1.82) is 0 Å². The lowest BCUT2D eigenvalue weighted by molar-refractivity contribution is -0.146. The van der Waals surface area contributed by atoms with E-state index in [0.29, 0.717) is 6.67 Å². The minimum absolute atomic E-state index is 0.0272. The fourth-order valence-electron chi connectivity index (χ4n) is 6.47. The second kappa shape index (κ2) is 7.74. The molecule has 2 saturated carbocycles. The number of likely N-dealkylation sites (tertiary alicyclic amines) is 1. The second-order valence-corrected chi connectivity index (χ2v) is 9.51. The molecule has 0 aromatic carbocycles. The van der Waals surface area contributed by atoms with Crippen molar-refractivity contribution in [3.8, 4) is 0 Å². The lowest BCUT2D eigenvalue weighted by Gasteiger charge is -2.45. The summed E-state index contributed by atoms with van der Waals surface area (Å²) in [5.74, 6) is 1.99. The quantitative estimate of drug-likeness (QED) is 0.428.